The lowest BCUT2D eigenvalue weighted by molar-refractivity contribution is -0.119. The second kappa shape index (κ2) is 4.65. The number of carbonyl (C=O) groups is 1. The minimum absolute atomic E-state index is 0.149. The molecule has 96 valence electrons. The Morgan fingerprint density at radius 2 is 2.33 bits per heavy atom. The van der Waals surface area contributed by atoms with E-state index in [2.05, 4.69) is 9.97 Å². The predicted molar refractivity (Wildman–Crippen MR) is 66.4 cm³/mol. The molecule has 18 heavy (non-hydrogen) atoms. The Morgan fingerprint density at radius 3 is 3.11 bits per heavy atom. The molecule has 1 amide bonds. The largest absolute Gasteiger partial charge is 0.376 e. The zero-order valence-electron chi connectivity index (χ0n) is 10.6. The van der Waals surface area contributed by atoms with E-state index in [1.807, 2.05) is 6.92 Å². The van der Waals surface area contributed by atoms with Crippen molar-refractivity contribution in [1.29, 1.82) is 0 Å². The molecule has 1 atom stereocenters. The highest BCUT2D eigenvalue weighted by molar-refractivity contribution is 5.95. The van der Waals surface area contributed by atoms with Crippen LogP contribution in [0.2, 0.25) is 0 Å². The number of aryl methyl sites for hydroxylation is 1. The van der Waals surface area contributed by atoms with E-state index in [9.17, 15) is 4.79 Å². The van der Waals surface area contributed by atoms with Gasteiger partial charge in [0.15, 0.2) is 0 Å². The summed E-state index contributed by atoms with van der Waals surface area (Å²) in [7, 11) is 0. The van der Waals surface area contributed by atoms with Crippen LogP contribution in [0.15, 0.2) is 6.33 Å². The number of nitrogens with zero attached hydrogens (tertiary/aromatic N) is 3. The van der Waals surface area contributed by atoms with Crippen molar-refractivity contribution in [2.75, 3.05) is 18.1 Å². The lowest BCUT2D eigenvalue weighted by atomic mass is 10.0. The molecule has 0 bridgehead atoms. The van der Waals surface area contributed by atoms with Gasteiger partial charge in [0.25, 0.3) is 0 Å². The van der Waals surface area contributed by atoms with Gasteiger partial charge < -0.3 is 4.74 Å². The number of fused-ring (bicyclic) bond motifs is 1. The molecule has 0 saturated carbocycles. The van der Waals surface area contributed by atoms with Gasteiger partial charge in [-0.05, 0) is 26.2 Å². The van der Waals surface area contributed by atoms with Gasteiger partial charge in [0.1, 0.15) is 12.1 Å². The third-order valence-corrected chi connectivity index (χ3v) is 3.69. The highest BCUT2D eigenvalue weighted by Crippen LogP contribution is 2.28. The minimum atomic E-state index is 0.149. The van der Waals surface area contributed by atoms with Crippen LogP contribution < -0.4 is 4.90 Å². The molecule has 5 nitrogen and oxygen atoms in total. The minimum Gasteiger partial charge on any atom is -0.376 e. The summed E-state index contributed by atoms with van der Waals surface area (Å²) < 4.78 is 5.61. The first kappa shape index (κ1) is 11.6. The topological polar surface area (TPSA) is 55.3 Å². The van der Waals surface area contributed by atoms with Gasteiger partial charge in [-0.1, -0.05) is 0 Å². The van der Waals surface area contributed by atoms with Crippen LogP contribution in [0.3, 0.4) is 0 Å². The highest BCUT2D eigenvalue weighted by atomic mass is 16.5. The second-order valence-corrected chi connectivity index (χ2v) is 4.90. The number of aromatic nitrogens is 2. The zero-order chi connectivity index (χ0) is 12.5. The highest BCUT2D eigenvalue weighted by Gasteiger charge is 2.30. The van der Waals surface area contributed by atoms with E-state index in [-0.39, 0.29) is 12.0 Å². The normalized spacial score (nSPS) is 23.3. The Morgan fingerprint density at radius 1 is 1.44 bits per heavy atom. The zero-order valence-corrected chi connectivity index (χ0v) is 10.6. The van der Waals surface area contributed by atoms with Crippen LogP contribution >= 0.6 is 0 Å². The van der Waals surface area contributed by atoms with Crippen LogP contribution in [-0.2, 0) is 16.0 Å². The van der Waals surface area contributed by atoms with Crippen molar-refractivity contribution < 1.29 is 9.53 Å². The monoisotopic (exact) mass is 247 g/mol. The number of amides is 1. The average molecular weight is 247 g/mol. The summed E-state index contributed by atoms with van der Waals surface area (Å²) in [5.41, 5.74) is 2.08. The SMILES string of the molecule is Cc1ncnc2c1CCC(=O)N2C[C@H]1CCCO1. The first-order valence-corrected chi connectivity index (χ1v) is 6.48. The van der Waals surface area contributed by atoms with Gasteiger partial charge in [-0.25, -0.2) is 9.97 Å². The van der Waals surface area contributed by atoms with E-state index >= 15 is 0 Å². The van der Waals surface area contributed by atoms with Crippen LogP contribution in [-0.4, -0.2) is 35.1 Å². The molecule has 2 aliphatic heterocycles. The maximum absolute atomic E-state index is 12.1. The predicted octanol–water partition coefficient (Wildman–Crippen LogP) is 1.24. The van der Waals surface area contributed by atoms with E-state index in [0.29, 0.717) is 13.0 Å². The number of anilines is 1. The molecule has 0 aliphatic carbocycles. The molecule has 0 N–H and O–H groups in total. The summed E-state index contributed by atoms with van der Waals surface area (Å²) in [5, 5.41) is 0. The Labute approximate surface area is 106 Å². The van der Waals surface area contributed by atoms with Crippen molar-refractivity contribution in [1.82, 2.24) is 9.97 Å². The van der Waals surface area contributed by atoms with Gasteiger partial charge in [0.2, 0.25) is 5.91 Å². The number of hydrogen-bond donors (Lipinski definition) is 0. The molecule has 5 heteroatoms. The maximum Gasteiger partial charge on any atom is 0.228 e. The number of hydrogen-bond acceptors (Lipinski definition) is 4. The van der Waals surface area contributed by atoms with Crippen LogP contribution in [0.1, 0.15) is 30.5 Å². The lowest BCUT2D eigenvalue weighted by Gasteiger charge is -2.30. The third kappa shape index (κ3) is 1.99. The molecule has 1 fully saturated rings. The van der Waals surface area contributed by atoms with Gasteiger partial charge >= 0.3 is 0 Å². The van der Waals surface area contributed by atoms with Crippen LogP contribution in [0.25, 0.3) is 0 Å². The fourth-order valence-electron chi connectivity index (χ4n) is 2.68. The molecule has 3 heterocycles. The van der Waals surface area contributed by atoms with Crippen LogP contribution in [0, 0.1) is 6.92 Å². The van der Waals surface area contributed by atoms with Gasteiger partial charge in [-0.3, -0.25) is 9.69 Å². The standard InChI is InChI=1S/C13H17N3O2/c1-9-11-4-5-12(17)16(13(11)15-8-14-9)7-10-3-2-6-18-10/h8,10H,2-7H2,1H3/t10-/m1/s1. The molecular formula is C13H17N3O2. The molecular weight excluding hydrogens is 230 g/mol. The van der Waals surface area contributed by atoms with Gasteiger partial charge in [-0.2, -0.15) is 0 Å². The third-order valence-electron chi connectivity index (χ3n) is 3.69. The van der Waals surface area contributed by atoms with E-state index in [4.69, 9.17) is 4.74 Å². The average Bonchev–Trinajstić information content (AvgIpc) is 2.86. The second-order valence-electron chi connectivity index (χ2n) is 4.90. The molecule has 0 aromatic carbocycles. The van der Waals surface area contributed by atoms with E-state index in [1.54, 1.807) is 4.90 Å². The first-order chi connectivity index (χ1) is 8.75. The molecule has 1 saturated heterocycles. The summed E-state index contributed by atoms with van der Waals surface area (Å²) in [4.78, 5) is 22.3. The van der Waals surface area contributed by atoms with E-state index in [0.717, 1.165) is 42.9 Å². The molecule has 2 aliphatic rings. The van der Waals surface area contributed by atoms with E-state index < -0.39 is 0 Å². The molecule has 0 spiro atoms. The van der Waals surface area contributed by atoms with Gasteiger partial charge in [0.05, 0.1) is 12.6 Å². The summed E-state index contributed by atoms with van der Waals surface area (Å²) >= 11 is 0. The van der Waals surface area contributed by atoms with E-state index in [1.165, 1.54) is 6.33 Å². The Balaban J connectivity index is 1.89. The number of carbonyl (C=O) groups excluding carboxylic acids is 1. The molecule has 3 rings (SSSR count). The van der Waals surface area contributed by atoms with Crippen molar-refractivity contribution in [3.05, 3.63) is 17.6 Å². The quantitative estimate of drug-likeness (QED) is 0.789. The number of ether oxygens (including phenoxy) is 1. The molecule has 0 unspecified atom stereocenters. The summed E-state index contributed by atoms with van der Waals surface area (Å²) in [5.74, 6) is 0.936. The Hall–Kier alpha value is -1.49. The fourth-order valence-corrected chi connectivity index (χ4v) is 2.68. The molecule has 1 aromatic heterocycles. The van der Waals surface area contributed by atoms with Crippen LogP contribution in [0.4, 0.5) is 5.82 Å². The smallest absolute Gasteiger partial charge is 0.228 e. The number of rotatable bonds is 2. The summed E-state index contributed by atoms with van der Waals surface area (Å²) in [6, 6.07) is 0. The van der Waals surface area contributed by atoms with Crippen molar-refractivity contribution in [3.63, 3.8) is 0 Å². The maximum atomic E-state index is 12.1. The van der Waals surface area contributed by atoms with Crippen molar-refractivity contribution >= 4 is 11.7 Å². The van der Waals surface area contributed by atoms with Crippen molar-refractivity contribution in [3.8, 4) is 0 Å². The van der Waals surface area contributed by atoms with Crippen LogP contribution in [0.5, 0.6) is 0 Å². The lowest BCUT2D eigenvalue weighted by Crippen LogP contribution is -2.41. The Kier molecular flexibility index (Phi) is 2.99. The summed E-state index contributed by atoms with van der Waals surface area (Å²) in [6.45, 7) is 3.41. The van der Waals surface area contributed by atoms with Gasteiger partial charge in [0, 0.05) is 24.3 Å². The van der Waals surface area contributed by atoms with Crippen molar-refractivity contribution in [2.45, 2.75) is 38.7 Å². The summed E-state index contributed by atoms with van der Waals surface area (Å²) in [6.07, 6.45) is 5.12. The Bertz CT molecular complexity index is 469. The fraction of sp³-hybridized carbons (Fsp3) is 0.615. The van der Waals surface area contributed by atoms with Gasteiger partial charge in [-0.15, -0.1) is 0 Å². The molecule has 0 radical (unpaired) electrons. The first-order valence-electron chi connectivity index (χ1n) is 6.48. The van der Waals surface area contributed by atoms with Crippen molar-refractivity contribution in [2.24, 2.45) is 0 Å². The molecule has 1 aromatic rings.